The van der Waals surface area contributed by atoms with E-state index in [0.717, 1.165) is 21.0 Å². The molecule has 1 aliphatic heterocycles. The highest BCUT2D eigenvalue weighted by atomic mass is 32.1. The average molecular weight is 316 g/mol. The SMILES string of the molecule is Cc1nc(C(=O)N2Cc3ccccc3C(C(=O)O)C2)c(C)s1. The fraction of sp³-hybridized carbons (Fsp3) is 0.312. The van der Waals surface area contributed by atoms with Gasteiger partial charge in [-0.1, -0.05) is 24.3 Å². The number of aliphatic carboxylic acids is 1. The highest BCUT2D eigenvalue weighted by molar-refractivity contribution is 7.11. The number of rotatable bonds is 2. The van der Waals surface area contributed by atoms with Crippen LogP contribution in [0.15, 0.2) is 24.3 Å². The first kappa shape index (κ1) is 14.7. The average Bonchev–Trinajstić information content (AvgIpc) is 2.83. The Kier molecular flexibility index (Phi) is 3.70. The van der Waals surface area contributed by atoms with Gasteiger partial charge in [0.15, 0.2) is 0 Å². The van der Waals surface area contributed by atoms with E-state index in [-0.39, 0.29) is 12.5 Å². The van der Waals surface area contributed by atoms with Gasteiger partial charge in [-0.25, -0.2) is 4.98 Å². The predicted molar refractivity (Wildman–Crippen MR) is 83.1 cm³/mol. The van der Waals surface area contributed by atoms with Crippen molar-refractivity contribution in [2.45, 2.75) is 26.3 Å². The molecule has 1 aromatic heterocycles. The highest BCUT2D eigenvalue weighted by Gasteiger charge is 2.33. The maximum absolute atomic E-state index is 12.7. The molecule has 1 unspecified atom stereocenters. The van der Waals surface area contributed by atoms with Gasteiger partial charge >= 0.3 is 5.97 Å². The molecule has 1 N–H and O–H groups in total. The lowest BCUT2D eigenvalue weighted by Crippen LogP contribution is -2.40. The Morgan fingerprint density at radius 1 is 1.32 bits per heavy atom. The van der Waals surface area contributed by atoms with Crippen LogP contribution in [0.1, 0.15) is 37.4 Å². The summed E-state index contributed by atoms with van der Waals surface area (Å²) < 4.78 is 0. The van der Waals surface area contributed by atoms with E-state index >= 15 is 0 Å². The van der Waals surface area contributed by atoms with Gasteiger partial charge in [0.1, 0.15) is 5.69 Å². The molecule has 0 spiro atoms. The van der Waals surface area contributed by atoms with Crippen LogP contribution in [-0.4, -0.2) is 33.4 Å². The van der Waals surface area contributed by atoms with E-state index in [9.17, 15) is 14.7 Å². The Labute approximate surface area is 132 Å². The molecule has 2 heterocycles. The third-order valence-electron chi connectivity index (χ3n) is 3.89. The molecule has 22 heavy (non-hydrogen) atoms. The van der Waals surface area contributed by atoms with Crippen LogP contribution >= 0.6 is 11.3 Å². The number of aromatic nitrogens is 1. The second kappa shape index (κ2) is 5.53. The molecule has 0 bridgehead atoms. The first-order valence-corrected chi connectivity index (χ1v) is 7.83. The molecule has 5 nitrogen and oxygen atoms in total. The summed E-state index contributed by atoms with van der Waals surface area (Å²) in [4.78, 5) is 31.0. The molecule has 0 saturated carbocycles. The summed E-state index contributed by atoms with van der Waals surface area (Å²) in [6, 6.07) is 7.40. The van der Waals surface area contributed by atoms with Crippen molar-refractivity contribution >= 4 is 23.2 Å². The van der Waals surface area contributed by atoms with Crippen LogP contribution in [0.4, 0.5) is 0 Å². The Hall–Kier alpha value is -2.21. The zero-order valence-electron chi connectivity index (χ0n) is 12.4. The minimum absolute atomic E-state index is 0.182. The fourth-order valence-corrected chi connectivity index (χ4v) is 3.66. The number of hydrogen-bond donors (Lipinski definition) is 1. The van der Waals surface area contributed by atoms with Gasteiger partial charge in [0.2, 0.25) is 0 Å². The van der Waals surface area contributed by atoms with Crippen molar-refractivity contribution in [3.63, 3.8) is 0 Å². The summed E-state index contributed by atoms with van der Waals surface area (Å²) in [5.41, 5.74) is 2.12. The van der Waals surface area contributed by atoms with Crippen molar-refractivity contribution < 1.29 is 14.7 Å². The lowest BCUT2D eigenvalue weighted by atomic mass is 9.89. The topological polar surface area (TPSA) is 70.5 Å². The van der Waals surface area contributed by atoms with Gasteiger partial charge in [0.05, 0.1) is 10.9 Å². The first-order chi connectivity index (χ1) is 10.5. The van der Waals surface area contributed by atoms with E-state index in [1.54, 1.807) is 4.90 Å². The van der Waals surface area contributed by atoms with Crippen LogP contribution in [0.5, 0.6) is 0 Å². The van der Waals surface area contributed by atoms with Gasteiger partial charge in [-0.2, -0.15) is 0 Å². The summed E-state index contributed by atoms with van der Waals surface area (Å²) in [5.74, 6) is -1.78. The van der Waals surface area contributed by atoms with E-state index in [4.69, 9.17) is 0 Å². The third kappa shape index (κ3) is 2.50. The minimum Gasteiger partial charge on any atom is -0.481 e. The molecule has 1 aromatic carbocycles. The first-order valence-electron chi connectivity index (χ1n) is 7.01. The Morgan fingerprint density at radius 2 is 2.05 bits per heavy atom. The Balaban J connectivity index is 1.95. The molecule has 2 aromatic rings. The third-order valence-corrected chi connectivity index (χ3v) is 4.77. The van der Waals surface area contributed by atoms with Gasteiger partial charge < -0.3 is 10.0 Å². The Morgan fingerprint density at radius 3 is 2.68 bits per heavy atom. The van der Waals surface area contributed by atoms with Crippen LogP contribution in [0.25, 0.3) is 0 Å². The van der Waals surface area contributed by atoms with E-state index in [1.165, 1.54) is 11.3 Å². The highest BCUT2D eigenvalue weighted by Crippen LogP contribution is 2.30. The number of hydrogen-bond acceptors (Lipinski definition) is 4. The van der Waals surface area contributed by atoms with Gasteiger partial charge in [-0.05, 0) is 25.0 Å². The summed E-state index contributed by atoms with van der Waals surface area (Å²) in [6.07, 6.45) is 0. The second-order valence-electron chi connectivity index (χ2n) is 5.41. The maximum Gasteiger partial charge on any atom is 0.312 e. The molecule has 6 heteroatoms. The Bertz CT molecular complexity index is 754. The zero-order valence-corrected chi connectivity index (χ0v) is 13.2. The quantitative estimate of drug-likeness (QED) is 0.924. The van der Waals surface area contributed by atoms with Crippen LogP contribution in [-0.2, 0) is 11.3 Å². The van der Waals surface area contributed by atoms with Crippen LogP contribution < -0.4 is 0 Å². The van der Waals surface area contributed by atoms with Crippen molar-refractivity contribution in [1.82, 2.24) is 9.88 Å². The van der Waals surface area contributed by atoms with E-state index in [0.29, 0.717) is 12.2 Å². The van der Waals surface area contributed by atoms with Crippen molar-refractivity contribution in [1.29, 1.82) is 0 Å². The number of nitrogens with zero attached hydrogens (tertiary/aromatic N) is 2. The zero-order chi connectivity index (χ0) is 15.9. The monoisotopic (exact) mass is 316 g/mol. The largest absolute Gasteiger partial charge is 0.481 e. The number of carbonyl (C=O) groups is 2. The summed E-state index contributed by atoms with van der Waals surface area (Å²) >= 11 is 1.48. The molecule has 1 aliphatic rings. The molecule has 1 atom stereocenters. The standard InChI is InChI=1S/C16H16N2O3S/c1-9-14(17-10(2)22-9)15(19)18-7-11-5-3-4-6-12(11)13(8-18)16(20)21/h3-6,13H,7-8H2,1-2H3,(H,20,21). The number of amides is 1. The van der Waals surface area contributed by atoms with Crippen molar-refractivity contribution in [3.05, 3.63) is 51.0 Å². The van der Waals surface area contributed by atoms with Gasteiger partial charge in [-0.15, -0.1) is 11.3 Å². The molecule has 0 radical (unpaired) electrons. The van der Waals surface area contributed by atoms with Crippen molar-refractivity contribution in [2.24, 2.45) is 0 Å². The predicted octanol–water partition coefficient (Wildman–Crippen LogP) is 2.58. The maximum atomic E-state index is 12.7. The molecule has 0 fully saturated rings. The summed E-state index contributed by atoms with van der Waals surface area (Å²) in [7, 11) is 0. The van der Waals surface area contributed by atoms with Crippen molar-refractivity contribution in [3.8, 4) is 0 Å². The van der Waals surface area contributed by atoms with E-state index in [1.807, 2.05) is 38.1 Å². The molecule has 0 aliphatic carbocycles. The molecular formula is C16H16N2O3S. The number of carbonyl (C=O) groups excluding carboxylic acids is 1. The van der Waals surface area contributed by atoms with Crippen molar-refractivity contribution in [2.75, 3.05) is 6.54 Å². The summed E-state index contributed by atoms with van der Waals surface area (Å²) in [5, 5.41) is 10.3. The number of carboxylic acid groups (broad SMARTS) is 1. The second-order valence-corrected chi connectivity index (χ2v) is 6.82. The molecule has 1 amide bonds. The van der Waals surface area contributed by atoms with Crippen LogP contribution in [0, 0.1) is 13.8 Å². The van der Waals surface area contributed by atoms with Gasteiger partial charge in [0, 0.05) is 18.0 Å². The smallest absolute Gasteiger partial charge is 0.312 e. The lowest BCUT2D eigenvalue weighted by molar-refractivity contribution is -0.139. The molecule has 3 rings (SSSR count). The normalized spacial score (nSPS) is 17.2. The number of thiazole rings is 1. The fourth-order valence-electron chi connectivity index (χ4n) is 2.85. The number of benzene rings is 1. The van der Waals surface area contributed by atoms with Gasteiger partial charge in [0.25, 0.3) is 5.91 Å². The van der Waals surface area contributed by atoms with E-state index < -0.39 is 11.9 Å². The molecular weight excluding hydrogens is 300 g/mol. The van der Waals surface area contributed by atoms with E-state index in [2.05, 4.69) is 4.98 Å². The number of fused-ring (bicyclic) bond motifs is 1. The number of aryl methyl sites for hydroxylation is 2. The molecule has 0 saturated heterocycles. The van der Waals surface area contributed by atoms with Gasteiger partial charge in [-0.3, -0.25) is 9.59 Å². The lowest BCUT2D eigenvalue weighted by Gasteiger charge is -2.32. The molecule has 114 valence electrons. The number of carboxylic acids is 1. The van der Waals surface area contributed by atoms with Crippen LogP contribution in [0.3, 0.4) is 0 Å². The minimum atomic E-state index is -0.906. The van der Waals surface area contributed by atoms with Crippen LogP contribution in [0.2, 0.25) is 0 Å². The summed E-state index contributed by atoms with van der Waals surface area (Å²) in [6.45, 7) is 4.33.